The quantitative estimate of drug-likeness (QED) is 0.0211. The second-order valence-electron chi connectivity index (χ2n) is 19.9. The van der Waals surface area contributed by atoms with Crippen LogP contribution in [0, 0.1) is 0 Å². The summed E-state index contributed by atoms with van der Waals surface area (Å²) in [6.07, 6.45) is 77.9. The number of hydrogen-bond donors (Lipinski definition) is 1. The molecule has 420 valence electrons. The monoisotopic (exact) mass is 1050 g/mol. The summed E-state index contributed by atoms with van der Waals surface area (Å²) in [5, 5.41) is 0. The van der Waals surface area contributed by atoms with Crippen LogP contribution < -0.4 is 0 Å². The fourth-order valence-electron chi connectivity index (χ4n) is 7.28. The van der Waals surface area contributed by atoms with Crippen molar-refractivity contribution in [1.29, 1.82) is 0 Å². The molecule has 0 aliphatic rings. The van der Waals surface area contributed by atoms with Crippen LogP contribution in [0.15, 0.2) is 134 Å². The first kappa shape index (κ1) is 70.1. The highest BCUT2D eigenvalue weighted by atomic mass is 31.2. The molecule has 1 N–H and O–H groups in total. The van der Waals surface area contributed by atoms with Crippen LogP contribution in [0.1, 0.15) is 206 Å². The Morgan fingerprint density at radius 3 is 1.08 bits per heavy atom. The molecule has 0 aromatic heterocycles. The highest BCUT2D eigenvalue weighted by molar-refractivity contribution is 7.47. The van der Waals surface area contributed by atoms with Gasteiger partial charge in [-0.15, -0.1) is 0 Å². The van der Waals surface area contributed by atoms with Crippen LogP contribution in [0.3, 0.4) is 0 Å². The Morgan fingerprint density at radius 2 is 0.730 bits per heavy atom. The smallest absolute Gasteiger partial charge is 0.462 e. The highest BCUT2D eigenvalue weighted by Gasteiger charge is 2.27. The van der Waals surface area contributed by atoms with E-state index in [1.807, 2.05) is 21.1 Å². The molecule has 0 rings (SSSR count). The Bertz CT molecular complexity index is 1710. The largest absolute Gasteiger partial charge is 0.472 e. The second kappa shape index (κ2) is 54.0. The molecule has 0 radical (unpaired) electrons. The standard InChI is InChI=1S/C64H106NO8P/c1-6-8-10-12-14-16-18-20-22-24-26-28-30-32-34-36-38-40-42-44-46-48-50-52-54-56-63(66)70-60-62(61-72-74(68,69)71-59-58-65(3,4)5)73-64(67)57-55-53-51-49-47-45-43-41-39-37-35-33-31-29-27-25-23-21-19-17-15-13-11-9-7-2/h8-11,14-17,20-23,26-29,32-35,39,41,62H,6-7,12-13,18-19,24-25,30-31,36-38,40,42-61H2,1-5H3/p+1/b10-8-,11-9-,16-14-,17-15-,22-20-,23-21-,28-26-,29-27-,34-32-,35-33-,41-39-. The maximum atomic E-state index is 12.8. The summed E-state index contributed by atoms with van der Waals surface area (Å²) in [4.78, 5) is 35.7. The van der Waals surface area contributed by atoms with Crippen molar-refractivity contribution in [2.24, 2.45) is 0 Å². The molecule has 0 heterocycles. The Hall–Kier alpha value is -3.85. The van der Waals surface area contributed by atoms with E-state index in [9.17, 15) is 19.0 Å². The van der Waals surface area contributed by atoms with E-state index in [0.717, 1.165) is 141 Å². The van der Waals surface area contributed by atoms with E-state index in [1.54, 1.807) is 0 Å². The van der Waals surface area contributed by atoms with E-state index in [4.69, 9.17) is 18.5 Å². The number of esters is 2. The van der Waals surface area contributed by atoms with Crippen LogP contribution in [0.25, 0.3) is 0 Å². The molecule has 0 fully saturated rings. The topological polar surface area (TPSA) is 108 Å². The van der Waals surface area contributed by atoms with Gasteiger partial charge in [-0.3, -0.25) is 18.6 Å². The van der Waals surface area contributed by atoms with Gasteiger partial charge in [0.1, 0.15) is 19.8 Å². The Kier molecular flexibility index (Phi) is 51.2. The molecule has 0 saturated heterocycles. The Balaban J connectivity index is 4.27. The van der Waals surface area contributed by atoms with Crippen molar-refractivity contribution in [1.82, 2.24) is 0 Å². The number of phosphoric ester groups is 1. The van der Waals surface area contributed by atoms with Crippen molar-refractivity contribution in [2.45, 2.75) is 213 Å². The summed E-state index contributed by atoms with van der Waals surface area (Å²) in [5.41, 5.74) is 0. The number of quaternary nitrogens is 1. The van der Waals surface area contributed by atoms with Crippen LogP contribution in [-0.4, -0.2) is 74.9 Å². The number of ether oxygens (including phenoxy) is 2. The molecule has 0 saturated carbocycles. The number of nitrogens with zero attached hydrogens (tertiary/aromatic N) is 1. The number of hydrogen-bond acceptors (Lipinski definition) is 7. The first-order valence-corrected chi connectivity index (χ1v) is 30.4. The van der Waals surface area contributed by atoms with Gasteiger partial charge in [0.25, 0.3) is 0 Å². The molecule has 0 aromatic rings. The van der Waals surface area contributed by atoms with Gasteiger partial charge in [0.05, 0.1) is 27.7 Å². The molecular formula is C64H107NO8P+. The van der Waals surface area contributed by atoms with E-state index in [-0.39, 0.29) is 32.0 Å². The number of rotatable bonds is 51. The van der Waals surface area contributed by atoms with Crippen molar-refractivity contribution < 1.29 is 42.1 Å². The first-order chi connectivity index (χ1) is 36.0. The molecule has 2 unspecified atom stereocenters. The van der Waals surface area contributed by atoms with Crippen molar-refractivity contribution in [2.75, 3.05) is 47.5 Å². The maximum Gasteiger partial charge on any atom is 0.472 e. The summed E-state index contributed by atoms with van der Waals surface area (Å²) >= 11 is 0. The minimum atomic E-state index is -4.40. The molecule has 2 atom stereocenters. The van der Waals surface area contributed by atoms with Crippen molar-refractivity contribution >= 4 is 19.8 Å². The van der Waals surface area contributed by atoms with Gasteiger partial charge in [-0.1, -0.05) is 218 Å². The lowest BCUT2D eigenvalue weighted by molar-refractivity contribution is -0.870. The SMILES string of the molecule is CC/C=C\C/C=C\C/C=C\C/C=C\C/C=C\C/C=C\CCCCCCCCC(=O)OC(COC(=O)CCCCCCCCCCC/C=C\C/C=C\C/C=C\C/C=C\C/C=C\CC)COP(=O)(O)OCC[N+](C)(C)C. The van der Waals surface area contributed by atoms with Crippen molar-refractivity contribution in [3.8, 4) is 0 Å². The molecule has 0 aliphatic carbocycles. The average molecular weight is 1050 g/mol. The first-order valence-electron chi connectivity index (χ1n) is 28.9. The zero-order valence-electron chi connectivity index (χ0n) is 47.5. The van der Waals surface area contributed by atoms with Gasteiger partial charge >= 0.3 is 19.8 Å². The number of phosphoric acid groups is 1. The van der Waals surface area contributed by atoms with Crippen molar-refractivity contribution in [3.05, 3.63) is 134 Å². The molecule has 0 aromatic carbocycles. The summed E-state index contributed by atoms with van der Waals surface area (Å²) in [6, 6.07) is 0. The van der Waals surface area contributed by atoms with Gasteiger partial charge in [0.15, 0.2) is 6.10 Å². The van der Waals surface area contributed by atoms with E-state index < -0.39 is 26.5 Å². The highest BCUT2D eigenvalue weighted by Crippen LogP contribution is 2.43. The minimum Gasteiger partial charge on any atom is -0.462 e. The van der Waals surface area contributed by atoms with Crippen LogP contribution in [0.5, 0.6) is 0 Å². The summed E-state index contributed by atoms with van der Waals surface area (Å²) < 4.78 is 34.6. The molecule has 9 nitrogen and oxygen atoms in total. The summed E-state index contributed by atoms with van der Waals surface area (Å²) in [5.74, 6) is -0.831. The van der Waals surface area contributed by atoms with E-state index in [2.05, 4.69) is 148 Å². The minimum absolute atomic E-state index is 0.0195. The number of carbonyl (C=O) groups is 2. The van der Waals surface area contributed by atoms with E-state index >= 15 is 0 Å². The summed E-state index contributed by atoms with van der Waals surface area (Å²) in [6.45, 7) is 4.16. The number of likely N-dealkylation sites (N-methyl/N-ethyl adjacent to an activating group) is 1. The van der Waals surface area contributed by atoms with Gasteiger partial charge in [0, 0.05) is 12.8 Å². The van der Waals surface area contributed by atoms with Gasteiger partial charge < -0.3 is 18.9 Å². The third-order valence-corrected chi connectivity index (χ3v) is 12.7. The predicted molar refractivity (Wildman–Crippen MR) is 316 cm³/mol. The van der Waals surface area contributed by atoms with Crippen LogP contribution in [-0.2, 0) is 32.7 Å². The third kappa shape index (κ3) is 57.4. The molecular weight excluding hydrogens is 942 g/mol. The summed E-state index contributed by atoms with van der Waals surface area (Å²) in [7, 11) is 1.44. The molecule has 0 amide bonds. The molecule has 0 spiro atoms. The molecule has 10 heteroatoms. The van der Waals surface area contributed by atoms with Crippen LogP contribution in [0.2, 0.25) is 0 Å². The Labute approximate surface area is 453 Å². The molecule has 0 bridgehead atoms. The average Bonchev–Trinajstić information content (AvgIpc) is 3.36. The van der Waals surface area contributed by atoms with Gasteiger partial charge in [-0.25, -0.2) is 4.57 Å². The van der Waals surface area contributed by atoms with Crippen molar-refractivity contribution in [3.63, 3.8) is 0 Å². The number of allylic oxidation sites excluding steroid dienone is 22. The van der Waals surface area contributed by atoms with Gasteiger partial charge in [-0.2, -0.15) is 0 Å². The number of unbranched alkanes of at least 4 members (excludes halogenated alkanes) is 15. The van der Waals surface area contributed by atoms with E-state index in [1.165, 1.54) is 32.1 Å². The predicted octanol–water partition coefficient (Wildman–Crippen LogP) is 18.1. The fraction of sp³-hybridized carbons (Fsp3) is 0.625. The lowest BCUT2D eigenvalue weighted by Gasteiger charge is -2.24. The van der Waals surface area contributed by atoms with Crippen LogP contribution >= 0.6 is 7.82 Å². The molecule has 74 heavy (non-hydrogen) atoms. The van der Waals surface area contributed by atoms with Gasteiger partial charge in [-0.05, 0) is 109 Å². The van der Waals surface area contributed by atoms with E-state index in [0.29, 0.717) is 17.4 Å². The zero-order chi connectivity index (χ0) is 54.2. The zero-order valence-corrected chi connectivity index (χ0v) is 48.4. The fourth-order valence-corrected chi connectivity index (χ4v) is 8.02. The third-order valence-electron chi connectivity index (χ3n) is 11.7. The normalized spacial score (nSPS) is 14.3. The lowest BCUT2D eigenvalue weighted by Crippen LogP contribution is -2.37. The number of carbonyl (C=O) groups excluding carboxylic acids is 2. The lowest BCUT2D eigenvalue weighted by atomic mass is 10.1. The second-order valence-corrected chi connectivity index (χ2v) is 21.4. The van der Waals surface area contributed by atoms with Gasteiger partial charge in [0.2, 0.25) is 0 Å². The molecule has 0 aliphatic heterocycles. The maximum absolute atomic E-state index is 12.8. The van der Waals surface area contributed by atoms with Crippen LogP contribution in [0.4, 0.5) is 0 Å². The Morgan fingerprint density at radius 1 is 0.419 bits per heavy atom.